The average Bonchev–Trinajstić information content (AvgIpc) is 2.16. The van der Waals surface area contributed by atoms with Crippen molar-refractivity contribution >= 4 is 11.6 Å². The summed E-state index contributed by atoms with van der Waals surface area (Å²) in [5.74, 6) is 2.35. The van der Waals surface area contributed by atoms with Crippen molar-refractivity contribution in [3.63, 3.8) is 0 Å². The minimum Gasteiger partial charge on any atom is -0.384 e. The van der Waals surface area contributed by atoms with Crippen LogP contribution in [0.5, 0.6) is 0 Å². The largest absolute Gasteiger partial charge is 0.384 e. The van der Waals surface area contributed by atoms with E-state index in [4.69, 9.17) is 5.73 Å². The summed E-state index contributed by atoms with van der Waals surface area (Å²) in [4.78, 5) is 10.4. The van der Waals surface area contributed by atoms with Crippen LogP contribution in [0.1, 0.15) is 26.2 Å². The SMILES string of the molecule is CCN(CC1CCC1)c1cc(N)ncn1. The minimum absolute atomic E-state index is 0.548. The van der Waals surface area contributed by atoms with Gasteiger partial charge in [0.05, 0.1) is 0 Å². The molecule has 4 heteroatoms. The highest BCUT2D eigenvalue weighted by Crippen LogP contribution is 2.28. The van der Waals surface area contributed by atoms with Gasteiger partial charge in [0.1, 0.15) is 18.0 Å². The van der Waals surface area contributed by atoms with Gasteiger partial charge in [-0.2, -0.15) is 0 Å². The summed E-state index contributed by atoms with van der Waals surface area (Å²) in [6.07, 6.45) is 5.64. The molecule has 1 aliphatic rings. The van der Waals surface area contributed by atoms with Gasteiger partial charge >= 0.3 is 0 Å². The summed E-state index contributed by atoms with van der Waals surface area (Å²) in [6, 6.07) is 1.85. The molecule has 1 aromatic rings. The highest BCUT2D eigenvalue weighted by atomic mass is 15.2. The lowest BCUT2D eigenvalue weighted by Crippen LogP contribution is -2.33. The van der Waals surface area contributed by atoms with E-state index in [1.165, 1.54) is 25.6 Å². The fraction of sp³-hybridized carbons (Fsp3) is 0.636. The first-order chi connectivity index (χ1) is 7.29. The highest BCUT2D eigenvalue weighted by molar-refractivity contribution is 5.45. The first kappa shape index (κ1) is 10.2. The van der Waals surface area contributed by atoms with Crippen LogP contribution in [0.25, 0.3) is 0 Å². The molecule has 0 saturated heterocycles. The molecule has 0 unspecified atom stereocenters. The van der Waals surface area contributed by atoms with Crippen molar-refractivity contribution in [1.82, 2.24) is 9.97 Å². The fourth-order valence-electron chi connectivity index (χ4n) is 1.91. The molecule has 0 atom stereocenters. The second kappa shape index (κ2) is 4.47. The lowest BCUT2D eigenvalue weighted by atomic mass is 9.85. The number of nitrogens with two attached hydrogens (primary N) is 1. The smallest absolute Gasteiger partial charge is 0.134 e. The Kier molecular flexibility index (Phi) is 3.04. The molecule has 0 spiro atoms. The number of rotatable bonds is 4. The van der Waals surface area contributed by atoms with E-state index in [0.29, 0.717) is 5.82 Å². The van der Waals surface area contributed by atoms with Crippen LogP contribution in [0.3, 0.4) is 0 Å². The number of hydrogen-bond acceptors (Lipinski definition) is 4. The predicted octanol–water partition coefficient (Wildman–Crippen LogP) is 1.69. The Labute approximate surface area is 90.5 Å². The first-order valence-corrected chi connectivity index (χ1v) is 5.62. The van der Waals surface area contributed by atoms with Gasteiger partial charge < -0.3 is 10.6 Å². The Hall–Kier alpha value is -1.32. The fourth-order valence-corrected chi connectivity index (χ4v) is 1.91. The minimum atomic E-state index is 0.548. The van der Waals surface area contributed by atoms with E-state index in [9.17, 15) is 0 Å². The molecule has 2 rings (SSSR count). The second-order valence-corrected chi connectivity index (χ2v) is 4.14. The molecule has 0 amide bonds. The summed E-state index contributed by atoms with van der Waals surface area (Å²) in [5.41, 5.74) is 5.65. The zero-order valence-electron chi connectivity index (χ0n) is 9.19. The topological polar surface area (TPSA) is 55.0 Å². The van der Waals surface area contributed by atoms with Crippen LogP contribution in [0.4, 0.5) is 11.6 Å². The highest BCUT2D eigenvalue weighted by Gasteiger charge is 2.20. The van der Waals surface area contributed by atoms with Gasteiger partial charge in [0.25, 0.3) is 0 Å². The Morgan fingerprint density at radius 2 is 2.27 bits per heavy atom. The van der Waals surface area contributed by atoms with Gasteiger partial charge in [-0.15, -0.1) is 0 Å². The summed E-state index contributed by atoms with van der Waals surface area (Å²) in [6.45, 7) is 4.23. The number of nitrogens with zero attached hydrogens (tertiary/aromatic N) is 3. The Morgan fingerprint density at radius 3 is 2.80 bits per heavy atom. The maximum atomic E-state index is 5.65. The quantitative estimate of drug-likeness (QED) is 0.814. The maximum absolute atomic E-state index is 5.65. The molecule has 0 aliphatic heterocycles. The third kappa shape index (κ3) is 2.37. The van der Waals surface area contributed by atoms with Gasteiger partial charge in [0.2, 0.25) is 0 Å². The van der Waals surface area contributed by atoms with Crippen molar-refractivity contribution < 1.29 is 0 Å². The monoisotopic (exact) mass is 206 g/mol. The molecule has 4 nitrogen and oxygen atoms in total. The van der Waals surface area contributed by atoms with E-state index in [-0.39, 0.29) is 0 Å². The van der Waals surface area contributed by atoms with Crippen LogP contribution < -0.4 is 10.6 Å². The lowest BCUT2D eigenvalue weighted by molar-refractivity contribution is 0.318. The van der Waals surface area contributed by atoms with Crippen LogP contribution >= 0.6 is 0 Å². The van der Waals surface area contributed by atoms with Crippen molar-refractivity contribution in [3.8, 4) is 0 Å². The first-order valence-electron chi connectivity index (χ1n) is 5.62. The van der Waals surface area contributed by atoms with E-state index >= 15 is 0 Å². The molecule has 2 N–H and O–H groups in total. The van der Waals surface area contributed by atoms with Crippen LogP contribution in [0.2, 0.25) is 0 Å². The van der Waals surface area contributed by atoms with Crippen LogP contribution in [-0.4, -0.2) is 23.1 Å². The van der Waals surface area contributed by atoms with Crippen molar-refractivity contribution in [1.29, 1.82) is 0 Å². The predicted molar refractivity (Wildman–Crippen MR) is 61.7 cm³/mol. The molecular weight excluding hydrogens is 188 g/mol. The molecule has 0 radical (unpaired) electrons. The van der Waals surface area contributed by atoms with Crippen LogP contribution in [0, 0.1) is 5.92 Å². The Bertz CT molecular complexity index is 322. The van der Waals surface area contributed by atoms with Gasteiger partial charge in [-0.25, -0.2) is 9.97 Å². The number of hydrogen-bond donors (Lipinski definition) is 1. The zero-order chi connectivity index (χ0) is 10.7. The van der Waals surface area contributed by atoms with Crippen LogP contribution in [-0.2, 0) is 0 Å². The molecule has 1 aliphatic carbocycles. The molecule has 1 fully saturated rings. The van der Waals surface area contributed by atoms with Crippen molar-refractivity contribution in [2.75, 3.05) is 23.7 Å². The van der Waals surface area contributed by atoms with Gasteiger partial charge in [0, 0.05) is 19.2 Å². The molecule has 1 aromatic heterocycles. The Balaban J connectivity index is 2.04. The standard InChI is InChI=1S/C11H18N4/c1-2-15(7-9-4-3-5-9)11-6-10(12)13-8-14-11/h6,8-9H,2-5,7H2,1H3,(H2,12,13,14). The van der Waals surface area contributed by atoms with E-state index in [2.05, 4.69) is 21.8 Å². The van der Waals surface area contributed by atoms with Gasteiger partial charge in [-0.1, -0.05) is 6.42 Å². The molecule has 1 saturated carbocycles. The van der Waals surface area contributed by atoms with Gasteiger partial charge in [0.15, 0.2) is 0 Å². The van der Waals surface area contributed by atoms with Crippen molar-refractivity contribution in [2.45, 2.75) is 26.2 Å². The van der Waals surface area contributed by atoms with Gasteiger partial charge in [-0.3, -0.25) is 0 Å². The summed E-state index contributed by atoms with van der Waals surface area (Å²) in [7, 11) is 0. The molecular formula is C11H18N4. The molecule has 0 bridgehead atoms. The van der Waals surface area contributed by atoms with Crippen molar-refractivity contribution in [2.24, 2.45) is 5.92 Å². The maximum Gasteiger partial charge on any atom is 0.134 e. The normalized spacial score (nSPS) is 16.1. The zero-order valence-corrected chi connectivity index (χ0v) is 9.19. The number of anilines is 2. The molecule has 1 heterocycles. The third-order valence-electron chi connectivity index (χ3n) is 3.08. The Morgan fingerprint density at radius 1 is 1.47 bits per heavy atom. The van der Waals surface area contributed by atoms with E-state index in [1.807, 2.05) is 6.07 Å². The molecule has 0 aromatic carbocycles. The van der Waals surface area contributed by atoms with Crippen LogP contribution in [0.15, 0.2) is 12.4 Å². The number of nitrogen functional groups attached to an aromatic ring is 1. The summed E-state index contributed by atoms with van der Waals surface area (Å²) >= 11 is 0. The third-order valence-corrected chi connectivity index (χ3v) is 3.08. The van der Waals surface area contributed by atoms with Crippen molar-refractivity contribution in [3.05, 3.63) is 12.4 Å². The summed E-state index contributed by atoms with van der Waals surface area (Å²) < 4.78 is 0. The average molecular weight is 206 g/mol. The van der Waals surface area contributed by atoms with E-state index in [0.717, 1.165) is 24.8 Å². The van der Waals surface area contributed by atoms with E-state index < -0.39 is 0 Å². The molecule has 82 valence electrons. The molecule has 15 heavy (non-hydrogen) atoms. The number of aromatic nitrogens is 2. The second-order valence-electron chi connectivity index (χ2n) is 4.14. The summed E-state index contributed by atoms with van der Waals surface area (Å²) in [5, 5.41) is 0. The van der Waals surface area contributed by atoms with E-state index in [1.54, 1.807) is 0 Å². The lowest BCUT2D eigenvalue weighted by Gasteiger charge is -2.32. The van der Waals surface area contributed by atoms with Gasteiger partial charge in [-0.05, 0) is 25.7 Å².